The van der Waals surface area contributed by atoms with Crippen molar-refractivity contribution in [3.05, 3.63) is 41.7 Å². The van der Waals surface area contributed by atoms with Crippen molar-refractivity contribution in [1.29, 1.82) is 0 Å². The van der Waals surface area contributed by atoms with Crippen LogP contribution in [0.15, 0.2) is 30.3 Å². The number of alkyl halides is 3. The predicted octanol–water partition coefficient (Wildman–Crippen LogP) is 2.53. The molecule has 0 saturated heterocycles. The molecule has 0 radical (unpaired) electrons. The van der Waals surface area contributed by atoms with Crippen LogP contribution in [-0.2, 0) is 10.9 Å². The van der Waals surface area contributed by atoms with Gasteiger partial charge in [-0.1, -0.05) is 30.3 Å². The lowest BCUT2D eigenvalue weighted by atomic mass is 10.1. The monoisotopic (exact) mass is 297 g/mol. The minimum absolute atomic E-state index is 0.0102. The molecule has 0 atom stereocenters. The number of hydrogen-bond donors (Lipinski definition) is 1. The summed E-state index contributed by atoms with van der Waals surface area (Å²) < 4.78 is 43.0. The molecule has 8 heteroatoms. The van der Waals surface area contributed by atoms with Gasteiger partial charge in [-0.05, 0) is 0 Å². The van der Waals surface area contributed by atoms with Crippen molar-refractivity contribution >= 4 is 11.8 Å². The summed E-state index contributed by atoms with van der Waals surface area (Å²) in [6.07, 6.45) is -4.86. The average molecular weight is 297 g/mol. The zero-order valence-electron chi connectivity index (χ0n) is 10.8. The van der Waals surface area contributed by atoms with E-state index >= 15 is 0 Å². The third-order valence-corrected chi connectivity index (χ3v) is 2.62. The van der Waals surface area contributed by atoms with Gasteiger partial charge in [-0.25, -0.2) is 14.8 Å². The molecule has 0 amide bonds. The molecule has 2 N–H and O–H groups in total. The van der Waals surface area contributed by atoms with Crippen LogP contribution in [0.3, 0.4) is 0 Å². The van der Waals surface area contributed by atoms with Crippen LogP contribution in [0.1, 0.15) is 16.2 Å². The van der Waals surface area contributed by atoms with Crippen molar-refractivity contribution in [2.24, 2.45) is 0 Å². The second-order valence-electron chi connectivity index (χ2n) is 4.01. The van der Waals surface area contributed by atoms with Crippen LogP contribution < -0.4 is 5.73 Å². The van der Waals surface area contributed by atoms with Gasteiger partial charge in [0, 0.05) is 5.56 Å². The molecular formula is C13H10F3N3O2. The maximum atomic E-state index is 12.9. The summed E-state index contributed by atoms with van der Waals surface area (Å²) in [5.74, 6) is -1.65. The highest BCUT2D eigenvalue weighted by atomic mass is 19.4. The molecule has 0 saturated carbocycles. The molecule has 0 unspecified atom stereocenters. The van der Waals surface area contributed by atoms with Crippen LogP contribution in [-0.4, -0.2) is 23.0 Å². The maximum Gasteiger partial charge on any atom is 0.435 e. The number of esters is 1. The first-order valence-electron chi connectivity index (χ1n) is 5.73. The van der Waals surface area contributed by atoms with Gasteiger partial charge < -0.3 is 10.5 Å². The third-order valence-electron chi connectivity index (χ3n) is 2.62. The molecule has 1 aromatic heterocycles. The van der Waals surface area contributed by atoms with Gasteiger partial charge in [-0.15, -0.1) is 0 Å². The standard InChI is InChI=1S/C13H10F3N3O2/c1-21-12(20)9-10(13(14,15)16)19-11(17)8(18-9)7-5-3-2-4-6-7/h2-6H,1H3,(H2,17,19). The minimum atomic E-state index is -4.86. The number of nitrogens with zero attached hydrogens (tertiary/aromatic N) is 2. The number of halogens is 3. The Bertz CT molecular complexity index is 672. The van der Waals surface area contributed by atoms with Gasteiger partial charge in [0.15, 0.2) is 17.2 Å². The summed E-state index contributed by atoms with van der Waals surface area (Å²) in [4.78, 5) is 18.5. The number of aromatic nitrogens is 2. The fourth-order valence-corrected chi connectivity index (χ4v) is 1.69. The summed E-state index contributed by atoms with van der Waals surface area (Å²) >= 11 is 0. The predicted molar refractivity (Wildman–Crippen MR) is 68.2 cm³/mol. The van der Waals surface area contributed by atoms with E-state index in [-0.39, 0.29) is 5.69 Å². The van der Waals surface area contributed by atoms with Crippen molar-refractivity contribution in [3.63, 3.8) is 0 Å². The normalized spacial score (nSPS) is 11.2. The molecule has 21 heavy (non-hydrogen) atoms. The smallest absolute Gasteiger partial charge is 0.435 e. The average Bonchev–Trinajstić information content (AvgIpc) is 2.46. The molecule has 0 aliphatic carbocycles. The van der Waals surface area contributed by atoms with Gasteiger partial charge in [-0.3, -0.25) is 0 Å². The fourth-order valence-electron chi connectivity index (χ4n) is 1.69. The lowest BCUT2D eigenvalue weighted by Crippen LogP contribution is -2.20. The van der Waals surface area contributed by atoms with Crippen molar-refractivity contribution < 1.29 is 22.7 Å². The van der Waals surface area contributed by atoms with Crippen molar-refractivity contribution in [2.45, 2.75) is 6.18 Å². The quantitative estimate of drug-likeness (QED) is 0.862. The first-order chi connectivity index (χ1) is 9.84. The second kappa shape index (κ2) is 5.39. The van der Waals surface area contributed by atoms with Crippen molar-refractivity contribution in [2.75, 3.05) is 12.8 Å². The lowest BCUT2D eigenvalue weighted by molar-refractivity contribution is -0.141. The van der Waals surface area contributed by atoms with E-state index in [9.17, 15) is 18.0 Å². The van der Waals surface area contributed by atoms with E-state index in [2.05, 4.69) is 14.7 Å². The summed E-state index contributed by atoms with van der Waals surface area (Å²) in [5, 5.41) is 0. The van der Waals surface area contributed by atoms with Gasteiger partial charge in [0.2, 0.25) is 0 Å². The van der Waals surface area contributed by atoms with Crippen LogP contribution in [0.4, 0.5) is 19.0 Å². The van der Waals surface area contributed by atoms with Crippen molar-refractivity contribution in [3.8, 4) is 11.3 Å². The lowest BCUT2D eigenvalue weighted by Gasteiger charge is -2.13. The highest BCUT2D eigenvalue weighted by molar-refractivity contribution is 5.90. The van der Waals surface area contributed by atoms with Gasteiger partial charge in [0.25, 0.3) is 0 Å². The largest absolute Gasteiger partial charge is 0.464 e. The number of benzene rings is 1. The highest BCUT2D eigenvalue weighted by Gasteiger charge is 2.39. The van der Waals surface area contributed by atoms with E-state index in [1.165, 1.54) is 0 Å². The number of carbonyl (C=O) groups is 1. The maximum absolute atomic E-state index is 12.9. The number of methoxy groups -OCH3 is 1. The first-order valence-corrected chi connectivity index (χ1v) is 5.73. The molecule has 0 bridgehead atoms. The van der Waals surface area contributed by atoms with Gasteiger partial charge >= 0.3 is 12.1 Å². The van der Waals surface area contributed by atoms with Crippen LogP contribution in [0.2, 0.25) is 0 Å². The van der Waals surface area contributed by atoms with E-state index in [1.807, 2.05) is 0 Å². The van der Waals surface area contributed by atoms with Crippen LogP contribution in [0, 0.1) is 0 Å². The molecule has 1 aromatic carbocycles. The van der Waals surface area contributed by atoms with Crippen molar-refractivity contribution in [1.82, 2.24) is 9.97 Å². The van der Waals surface area contributed by atoms with E-state index in [0.29, 0.717) is 5.56 Å². The Morgan fingerprint density at radius 3 is 2.33 bits per heavy atom. The Morgan fingerprint density at radius 1 is 1.19 bits per heavy atom. The fraction of sp³-hybridized carbons (Fsp3) is 0.154. The highest BCUT2D eigenvalue weighted by Crippen LogP contribution is 2.33. The number of rotatable bonds is 2. The molecule has 0 aliphatic rings. The van der Waals surface area contributed by atoms with Gasteiger partial charge in [0.05, 0.1) is 7.11 Å². The Hall–Kier alpha value is -2.64. The van der Waals surface area contributed by atoms with E-state index in [4.69, 9.17) is 5.73 Å². The number of carbonyl (C=O) groups excluding carboxylic acids is 1. The minimum Gasteiger partial charge on any atom is -0.464 e. The molecule has 110 valence electrons. The Labute approximate surface area is 117 Å². The molecule has 5 nitrogen and oxygen atoms in total. The summed E-state index contributed by atoms with van der Waals surface area (Å²) in [6, 6.07) is 8.22. The van der Waals surface area contributed by atoms with Crippen LogP contribution in [0.5, 0.6) is 0 Å². The number of nitrogen functional groups attached to an aromatic ring is 1. The van der Waals surface area contributed by atoms with Crippen LogP contribution in [0.25, 0.3) is 11.3 Å². The molecule has 1 heterocycles. The number of anilines is 1. The van der Waals surface area contributed by atoms with Gasteiger partial charge in [-0.2, -0.15) is 13.2 Å². The second-order valence-corrected chi connectivity index (χ2v) is 4.01. The Kier molecular flexibility index (Phi) is 3.79. The molecule has 0 spiro atoms. The third kappa shape index (κ3) is 2.93. The topological polar surface area (TPSA) is 78.1 Å². The summed E-state index contributed by atoms with van der Waals surface area (Å²) in [6.45, 7) is 0. The Balaban J connectivity index is 2.69. The van der Waals surface area contributed by atoms with E-state index in [1.54, 1.807) is 30.3 Å². The number of ether oxygens (including phenoxy) is 1. The van der Waals surface area contributed by atoms with Gasteiger partial charge in [0.1, 0.15) is 5.69 Å². The number of hydrogen-bond acceptors (Lipinski definition) is 5. The summed E-state index contributed by atoms with van der Waals surface area (Å²) in [7, 11) is 0.961. The molecule has 2 aromatic rings. The first kappa shape index (κ1) is 14.8. The SMILES string of the molecule is COC(=O)c1nc(-c2ccccc2)c(N)nc1C(F)(F)F. The molecule has 2 rings (SSSR count). The Morgan fingerprint density at radius 2 is 1.81 bits per heavy atom. The van der Waals surface area contributed by atoms with E-state index in [0.717, 1.165) is 7.11 Å². The van der Waals surface area contributed by atoms with Crippen LogP contribution >= 0.6 is 0 Å². The number of nitrogens with two attached hydrogens (primary N) is 1. The van der Waals surface area contributed by atoms with E-state index < -0.39 is 29.4 Å². The zero-order chi connectivity index (χ0) is 15.6. The molecule has 0 fully saturated rings. The molecular weight excluding hydrogens is 287 g/mol. The summed E-state index contributed by atoms with van der Waals surface area (Å²) in [5.41, 5.74) is 3.59. The zero-order valence-corrected chi connectivity index (χ0v) is 10.8. The molecule has 0 aliphatic heterocycles.